The van der Waals surface area contributed by atoms with Crippen LogP contribution in [0.15, 0.2) is 0 Å². The summed E-state index contributed by atoms with van der Waals surface area (Å²) in [6.45, 7) is 10.3. The Hall–Kier alpha value is -2.57. The van der Waals surface area contributed by atoms with Gasteiger partial charge in [0, 0.05) is 31.6 Å². The van der Waals surface area contributed by atoms with Crippen molar-refractivity contribution in [2.75, 3.05) is 13.7 Å². The number of aliphatic hydroxyl groups excluding tert-OH is 1. The number of aliphatic hydroxyl groups is 2. The molecule has 1 saturated heterocycles. The molecule has 0 aromatic heterocycles. The predicted octanol–water partition coefficient (Wildman–Crippen LogP) is 1.89. The first-order chi connectivity index (χ1) is 20.4. The first-order valence-electron chi connectivity index (χ1n) is 15.6. The highest BCUT2D eigenvalue weighted by atomic mass is 16.6. The molecule has 1 heterocycles. The van der Waals surface area contributed by atoms with Gasteiger partial charge in [-0.3, -0.25) is 24.0 Å². The molecule has 44 heavy (non-hydrogen) atoms. The minimum absolute atomic E-state index is 0.134. The zero-order chi connectivity index (χ0) is 32.8. The standard InChI is InChI=1S/C32H46O12/c1-15-13-31(39)21-9-11-28(6)20(10-12-30(14-33,26(28)37)16(2)41-17(3)34)29(21,7)24(42-18(4)35)25(43-19(5)36)32(31,27(38)40-8)23-22(15)44-23/h15-16,20-25,33,39H,9-14H2,1-8H3/t15?,16?,20?,21?,22-,23-,24-,25+,28-,29-,30+,31-,32-/m1/s1. The zero-order valence-corrected chi connectivity index (χ0v) is 26.8. The molecule has 0 bridgehead atoms. The maximum Gasteiger partial charge on any atom is 0.321 e. The lowest BCUT2D eigenvalue weighted by Crippen LogP contribution is -2.82. The Bertz CT molecular complexity index is 1270. The van der Waals surface area contributed by atoms with Crippen molar-refractivity contribution in [2.24, 2.45) is 39.4 Å². The highest BCUT2D eigenvalue weighted by Crippen LogP contribution is 2.75. The van der Waals surface area contributed by atoms with Crippen LogP contribution in [0.25, 0.3) is 0 Å². The lowest BCUT2D eigenvalue weighted by atomic mass is 9.34. The average Bonchev–Trinajstić information content (AvgIpc) is 3.73. The second-order valence-corrected chi connectivity index (χ2v) is 14.4. The monoisotopic (exact) mass is 622 g/mol. The summed E-state index contributed by atoms with van der Waals surface area (Å²) in [5.74, 6) is -4.48. The van der Waals surface area contributed by atoms with Crippen molar-refractivity contribution < 1.29 is 57.9 Å². The Morgan fingerprint density at radius 1 is 0.977 bits per heavy atom. The molecule has 0 amide bonds. The van der Waals surface area contributed by atoms with Crippen LogP contribution in [-0.4, -0.2) is 89.7 Å². The van der Waals surface area contributed by atoms with E-state index < -0.39 is 100 Å². The molecule has 246 valence electrons. The van der Waals surface area contributed by atoms with Crippen molar-refractivity contribution in [3.8, 4) is 0 Å². The van der Waals surface area contributed by atoms with Crippen LogP contribution in [0.1, 0.15) is 80.6 Å². The Labute approximate surface area is 257 Å². The minimum Gasteiger partial charge on any atom is -0.468 e. The third-order valence-electron chi connectivity index (χ3n) is 12.4. The van der Waals surface area contributed by atoms with Gasteiger partial charge < -0.3 is 33.9 Å². The lowest BCUT2D eigenvalue weighted by molar-refractivity contribution is -0.325. The molecule has 13 atom stereocenters. The second kappa shape index (κ2) is 10.5. The van der Waals surface area contributed by atoms with Crippen LogP contribution in [0.2, 0.25) is 0 Å². The summed E-state index contributed by atoms with van der Waals surface area (Å²) in [5.41, 5.74) is -7.36. The van der Waals surface area contributed by atoms with Gasteiger partial charge in [0.25, 0.3) is 0 Å². The van der Waals surface area contributed by atoms with Crippen LogP contribution < -0.4 is 0 Å². The van der Waals surface area contributed by atoms with E-state index in [1.807, 2.05) is 20.8 Å². The molecular formula is C32H46O12. The normalized spacial score (nSPS) is 47.9. The number of esters is 4. The Kier molecular flexibility index (Phi) is 7.82. The lowest BCUT2D eigenvalue weighted by Gasteiger charge is -2.71. The van der Waals surface area contributed by atoms with Gasteiger partial charge in [0.2, 0.25) is 0 Å². The van der Waals surface area contributed by atoms with Crippen LogP contribution in [-0.2, 0) is 47.7 Å². The molecule has 4 aliphatic carbocycles. The van der Waals surface area contributed by atoms with Gasteiger partial charge in [-0.1, -0.05) is 20.8 Å². The fourth-order valence-electron chi connectivity index (χ4n) is 10.7. The smallest absolute Gasteiger partial charge is 0.321 e. The van der Waals surface area contributed by atoms with Gasteiger partial charge in [-0.2, -0.15) is 0 Å². The Morgan fingerprint density at radius 3 is 2.11 bits per heavy atom. The van der Waals surface area contributed by atoms with E-state index in [0.717, 1.165) is 0 Å². The van der Waals surface area contributed by atoms with E-state index in [9.17, 15) is 34.2 Å². The van der Waals surface area contributed by atoms with Crippen molar-refractivity contribution >= 4 is 29.7 Å². The summed E-state index contributed by atoms with van der Waals surface area (Å²) >= 11 is 0. The fourth-order valence-corrected chi connectivity index (χ4v) is 10.7. The molecule has 2 N–H and O–H groups in total. The number of methoxy groups -OCH3 is 1. The number of carbonyl (C=O) groups excluding carboxylic acids is 5. The molecule has 5 fully saturated rings. The molecule has 0 radical (unpaired) electrons. The Balaban J connectivity index is 1.73. The highest BCUT2D eigenvalue weighted by Gasteiger charge is 2.87. The van der Waals surface area contributed by atoms with E-state index in [-0.39, 0.29) is 31.0 Å². The summed E-state index contributed by atoms with van der Waals surface area (Å²) in [6.07, 6.45) is -3.69. The molecule has 1 aliphatic heterocycles. The molecule has 0 spiro atoms. The number of carbonyl (C=O) groups is 5. The number of ether oxygens (including phenoxy) is 5. The van der Waals surface area contributed by atoms with Crippen LogP contribution in [0.5, 0.6) is 0 Å². The number of epoxide rings is 1. The molecule has 0 aromatic rings. The van der Waals surface area contributed by atoms with E-state index in [2.05, 4.69) is 0 Å². The number of fused-ring (bicyclic) bond motifs is 7. The maximum absolute atomic E-state index is 14.7. The summed E-state index contributed by atoms with van der Waals surface area (Å²) in [4.78, 5) is 66.1. The van der Waals surface area contributed by atoms with Crippen LogP contribution in [0.3, 0.4) is 0 Å². The van der Waals surface area contributed by atoms with Gasteiger partial charge in [-0.15, -0.1) is 0 Å². The van der Waals surface area contributed by atoms with Crippen molar-refractivity contribution in [3.63, 3.8) is 0 Å². The number of hydrogen-bond acceptors (Lipinski definition) is 12. The van der Waals surface area contributed by atoms with E-state index in [1.165, 1.54) is 27.9 Å². The number of Topliss-reactive ketones (excluding diaryl/α,β-unsaturated/α-hetero) is 1. The Morgan fingerprint density at radius 2 is 1.57 bits per heavy atom. The average molecular weight is 623 g/mol. The van der Waals surface area contributed by atoms with E-state index in [1.54, 1.807) is 6.92 Å². The fraction of sp³-hybridized carbons (Fsp3) is 0.844. The third-order valence-corrected chi connectivity index (χ3v) is 12.4. The molecule has 12 heteroatoms. The minimum atomic E-state index is -1.89. The van der Waals surface area contributed by atoms with Crippen molar-refractivity contribution in [1.29, 1.82) is 0 Å². The van der Waals surface area contributed by atoms with Gasteiger partial charge in [-0.05, 0) is 56.8 Å². The maximum atomic E-state index is 14.7. The quantitative estimate of drug-likeness (QED) is 0.250. The van der Waals surface area contributed by atoms with E-state index in [4.69, 9.17) is 23.7 Å². The number of hydrogen-bond donors (Lipinski definition) is 2. The van der Waals surface area contributed by atoms with Gasteiger partial charge in [0.05, 0.1) is 30.8 Å². The van der Waals surface area contributed by atoms with E-state index in [0.29, 0.717) is 12.8 Å². The molecule has 5 aliphatic rings. The molecule has 4 saturated carbocycles. The van der Waals surface area contributed by atoms with Gasteiger partial charge in [0.15, 0.2) is 17.3 Å². The first-order valence-corrected chi connectivity index (χ1v) is 15.6. The SMILES string of the molecule is COC(=O)[C@]12[C@@H]3O[C@@H]3C(C)C[C@@]1(O)C1CC[C@@]3(C)C(=O)[C@@](CO)(C(C)OC(C)=O)CCC3[C@@]1(C)[C@H](OC(C)=O)[C@@H]2OC(C)=O. The molecule has 5 rings (SSSR count). The first kappa shape index (κ1) is 32.8. The van der Waals surface area contributed by atoms with Crippen molar-refractivity contribution in [3.05, 3.63) is 0 Å². The predicted molar refractivity (Wildman–Crippen MR) is 150 cm³/mol. The number of rotatable bonds is 6. The summed E-state index contributed by atoms with van der Waals surface area (Å²) < 4.78 is 28.9. The van der Waals surface area contributed by atoms with Crippen molar-refractivity contribution in [2.45, 2.75) is 117 Å². The van der Waals surface area contributed by atoms with Gasteiger partial charge in [-0.25, -0.2) is 0 Å². The van der Waals surface area contributed by atoms with Crippen LogP contribution >= 0.6 is 0 Å². The molecular weight excluding hydrogens is 576 g/mol. The number of ketones is 1. The summed E-state index contributed by atoms with van der Waals surface area (Å²) in [6, 6.07) is 0. The van der Waals surface area contributed by atoms with Crippen LogP contribution in [0.4, 0.5) is 0 Å². The van der Waals surface area contributed by atoms with Gasteiger partial charge >= 0.3 is 23.9 Å². The van der Waals surface area contributed by atoms with E-state index >= 15 is 0 Å². The molecule has 4 unspecified atom stereocenters. The zero-order valence-electron chi connectivity index (χ0n) is 26.8. The third kappa shape index (κ3) is 4.02. The molecule has 12 nitrogen and oxygen atoms in total. The topological polar surface area (TPSA) is 175 Å². The van der Waals surface area contributed by atoms with Crippen molar-refractivity contribution in [1.82, 2.24) is 0 Å². The molecule has 0 aromatic carbocycles. The van der Waals surface area contributed by atoms with Crippen LogP contribution in [0, 0.1) is 39.4 Å². The van der Waals surface area contributed by atoms with Gasteiger partial charge in [0.1, 0.15) is 18.3 Å². The summed E-state index contributed by atoms with van der Waals surface area (Å²) in [7, 11) is 1.20. The second-order valence-electron chi connectivity index (χ2n) is 14.4. The highest BCUT2D eigenvalue weighted by molar-refractivity contribution is 5.92. The summed E-state index contributed by atoms with van der Waals surface area (Å²) in [5, 5.41) is 23.7. The largest absolute Gasteiger partial charge is 0.468 e.